The highest BCUT2D eigenvalue weighted by Gasteiger charge is 2.12. The van der Waals surface area contributed by atoms with Crippen molar-refractivity contribution in [3.63, 3.8) is 0 Å². The Morgan fingerprint density at radius 1 is 1.06 bits per heavy atom. The summed E-state index contributed by atoms with van der Waals surface area (Å²) in [5.41, 5.74) is 2.51. The molecule has 0 saturated heterocycles. The second-order valence-electron chi connectivity index (χ2n) is 7.44. The van der Waals surface area contributed by atoms with Gasteiger partial charge in [0, 0.05) is 18.3 Å². The van der Waals surface area contributed by atoms with Crippen molar-refractivity contribution in [2.45, 2.75) is 38.5 Å². The Morgan fingerprint density at radius 2 is 1.74 bits per heavy atom. The van der Waals surface area contributed by atoms with Gasteiger partial charge in [-0.25, -0.2) is 0 Å². The van der Waals surface area contributed by atoms with Crippen molar-refractivity contribution in [3.05, 3.63) is 65.5 Å². The minimum Gasteiger partial charge on any atom is -0.486 e. The molecule has 8 heteroatoms. The lowest BCUT2D eigenvalue weighted by molar-refractivity contribution is -0.113. The van der Waals surface area contributed by atoms with E-state index in [1.165, 1.54) is 24.2 Å². The number of rotatable bonds is 9. The van der Waals surface area contributed by atoms with Gasteiger partial charge in [0.1, 0.15) is 12.4 Å². The van der Waals surface area contributed by atoms with Gasteiger partial charge in [-0.3, -0.25) is 9.59 Å². The highest BCUT2D eigenvalue weighted by Crippen LogP contribution is 2.21. The first kappa shape index (κ1) is 22.6. The van der Waals surface area contributed by atoms with Crippen LogP contribution in [0, 0.1) is 0 Å². The predicted octanol–water partition coefficient (Wildman–Crippen LogP) is 4.45. The molecule has 0 atom stereocenters. The van der Waals surface area contributed by atoms with E-state index in [-0.39, 0.29) is 17.4 Å². The van der Waals surface area contributed by atoms with E-state index in [9.17, 15) is 9.59 Å². The zero-order valence-electron chi connectivity index (χ0n) is 18.1. The number of nitrogens with zero attached hydrogens (tertiary/aromatic N) is 3. The van der Waals surface area contributed by atoms with Crippen LogP contribution in [0.15, 0.2) is 53.7 Å². The van der Waals surface area contributed by atoms with Crippen molar-refractivity contribution < 1.29 is 14.3 Å². The quantitative estimate of drug-likeness (QED) is 0.392. The third kappa shape index (κ3) is 6.18. The summed E-state index contributed by atoms with van der Waals surface area (Å²) < 4.78 is 7.64. The van der Waals surface area contributed by atoms with E-state index in [4.69, 9.17) is 4.74 Å². The van der Waals surface area contributed by atoms with E-state index in [0.717, 1.165) is 5.75 Å². The first-order valence-corrected chi connectivity index (χ1v) is 11.0. The normalized spacial score (nSPS) is 10.9. The van der Waals surface area contributed by atoms with E-state index >= 15 is 0 Å². The monoisotopic (exact) mass is 438 g/mol. The van der Waals surface area contributed by atoms with Gasteiger partial charge in [0.05, 0.1) is 5.75 Å². The maximum Gasteiger partial charge on any atom is 0.234 e. The molecule has 0 aliphatic carbocycles. The van der Waals surface area contributed by atoms with Gasteiger partial charge in [0.2, 0.25) is 5.91 Å². The third-order valence-electron chi connectivity index (χ3n) is 4.75. The average Bonchev–Trinajstić information content (AvgIpc) is 3.11. The number of ether oxygens (including phenoxy) is 1. The molecule has 0 aliphatic heterocycles. The lowest BCUT2D eigenvalue weighted by Crippen LogP contribution is -2.14. The number of amides is 1. The molecule has 0 aliphatic rings. The molecule has 1 heterocycles. The van der Waals surface area contributed by atoms with Crippen molar-refractivity contribution in [1.82, 2.24) is 14.8 Å². The SMILES string of the molecule is CC(=O)c1ccc(NC(=O)CSc2nnc(COc3ccc(C(C)C)cc3)n2C)cc1. The minimum absolute atomic E-state index is 0.0110. The molecule has 162 valence electrons. The molecular formula is C23H26N4O3S. The van der Waals surface area contributed by atoms with E-state index in [2.05, 4.69) is 41.5 Å². The molecule has 0 spiro atoms. The highest BCUT2D eigenvalue weighted by atomic mass is 32.2. The molecule has 1 amide bonds. The third-order valence-corrected chi connectivity index (χ3v) is 5.77. The molecule has 0 unspecified atom stereocenters. The van der Waals surface area contributed by atoms with Gasteiger partial charge in [0.25, 0.3) is 0 Å². The molecule has 0 bridgehead atoms. The summed E-state index contributed by atoms with van der Waals surface area (Å²) in [6.07, 6.45) is 0. The van der Waals surface area contributed by atoms with Crippen LogP contribution in [0.4, 0.5) is 5.69 Å². The summed E-state index contributed by atoms with van der Waals surface area (Å²) in [6, 6.07) is 14.8. The zero-order chi connectivity index (χ0) is 22.4. The average molecular weight is 439 g/mol. The predicted molar refractivity (Wildman–Crippen MR) is 122 cm³/mol. The number of Topliss-reactive ketones (excluding diaryl/α,β-unsaturated/α-hetero) is 1. The van der Waals surface area contributed by atoms with Crippen molar-refractivity contribution in [3.8, 4) is 5.75 Å². The lowest BCUT2D eigenvalue weighted by atomic mass is 10.0. The van der Waals surface area contributed by atoms with E-state index in [1.54, 1.807) is 24.3 Å². The van der Waals surface area contributed by atoms with Gasteiger partial charge in [-0.05, 0) is 54.8 Å². The van der Waals surface area contributed by atoms with Crippen LogP contribution in [0.1, 0.15) is 48.4 Å². The summed E-state index contributed by atoms with van der Waals surface area (Å²) in [5.74, 6) is 1.95. The number of anilines is 1. The Morgan fingerprint density at radius 3 is 2.35 bits per heavy atom. The van der Waals surface area contributed by atoms with Crippen LogP contribution < -0.4 is 10.1 Å². The van der Waals surface area contributed by atoms with Crippen LogP contribution in [0.5, 0.6) is 5.75 Å². The molecule has 31 heavy (non-hydrogen) atoms. The minimum atomic E-state index is -0.161. The van der Waals surface area contributed by atoms with Crippen molar-refractivity contribution in [1.29, 1.82) is 0 Å². The molecular weight excluding hydrogens is 412 g/mol. The second-order valence-corrected chi connectivity index (χ2v) is 8.38. The molecule has 3 rings (SSSR count). The summed E-state index contributed by atoms with van der Waals surface area (Å²) in [7, 11) is 1.85. The number of ketones is 1. The van der Waals surface area contributed by atoms with Crippen molar-refractivity contribution >= 4 is 29.1 Å². The van der Waals surface area contributed by atoms with Crippen molar-refractivity contribution in [2.24, 2.45) is 7.05 Å². The van der Waals surface area contributed by atoms with Gasteiger partial charge in [-0.1, -0.05) is 37.7 Å². The maximum atomic E-state index is 12.2. The summed E-state index contributed by atoms with van der Waals surface area (Å²) in [5, 5.41) is 11.8. The van der Waals surface area contributed by atoms with Crippen LogP contribution in [0.3, 0.4) is 0 Å². The van der Waals surface area contributed by atoms with Gasteiger partial charge < -0.3 is 14.6 Å². The standard InChI is InChI=1S/C23H26N4O3S/c1-15(2)17-7-11-20(12-8-17)30-13-21-25-26-23(27(21)4)31-14-22(29)24-19-9-5-18(6-10-19)16(3)28/h5-12,15H,13-14H2,1-4H3,(H,24,29). The number of aromatic nitrogens is 3. The first-order chi connectivity index (χ1) is 14.8. The van der Waals surface area contributed by atoms with Crippen LogP contribution in [-0.4, -0.2) is 32.2 Å². The summed E-state index contributed by atoms with van der Waals surface area (Å²) >= 11 is 1.30. The van der Waals surface area contributed by atoms with Crippen LogP contribution in [0.2, 0.25) is 0 Å². The number of hydrogen-bond donors (Lipinski definition) is 1. The fourth-order valence-corrected chi connectivity index (χ4v) is 3.54. The van der Waals surface area contributed by atoms with Gasteiger partial charge in [-0.15, -0.1) is 10.2 Å². The zero-order valence-corrected chi connectivity index (χ0v) is 18.9. The fraction of sp³-hybridized carbons (Fsp3) is 0.304. The van der Waals surface area contributed by atoms with Gasteiger partial charge in [-0.2, -0.15) is 0 Å². The fourth-order valence-electron chi connectivity index (χ4n) is 2.81. The molecule has 0 fully saturated rings. The number of carbonyl (C=O) groups excluding carboxylic acids is 2. The largest absolute Gasteiger partial charge is 0.486 e. The summed E-state index contributed by atoms with van der Waals surface area (Å²) in [6.45, 7) is 6.10. The maximum absolute atomic E-state index is 12.2. The Labute approximate surface area is 186 Å². The smallest absolute Gasteiger partial charge is 0.234 e. The molecule has 2 aromatic carbocycles. The number of carbonyl (C=O) groups is 2. The first-order valence-electron chi connectivity index (χ1n) is 9.98. The number of hydrogen-bond acceptors (Lipinski definition) is 6. The Hall–Kier alpha value is -3.13. The van der Waals surface area contributed by atoms with E-state index in [1.807, 2.05) is 23.7 Å². The highest BCUT2D eigenvalue weighted by molar-refractivity contribution is 7.99. The topological polar surface area (TPSA) is 86.1 Å². The molecule has 1 aromatic heterocycles. The Balaban J connectivity index is 1.50. The molecule has 1 N–H and O–H groups in total. The van der Waals surface area contributed by atoms with Crippen LogP contribution >= 0.6 is 11.8 Å². The molecule has 0 saturated carbocycles. The summed E-state index contributed by atoms with van der Waals surface area (Å²) in [4.78, 5) is 23.6. The Bertz CT molecular complexity index is 1040. The van der Waals surface area contributed by atoms with E-state index in [0.29, 0.717) is 34.8 Å². The molecule has 7 nitrogen and oxygen atoms in total. The Kier molecular flexibility index (Phi) is 7.46. The van der Waals surface area contributed by atoms with E-state index < -0.39 is 0 Å². The lowest BCUT2D eigenvalue weighted by Gasteiger charge is -2.09. The number of nitrogens with one attached hydrogen (secondary N) is 1. The second kappa shape index (κ2) is 10.3. The number of benzene rings is 2. The van der Waals surface area contributed by atoms with Crippen LogP contribution in [0.25, 0.3) is 0 Å². The number of thioether (sulfide) groups is 1. The van der Waals surface area contributed by atoms with Gasteiger partial charge in [0.15, 0.2) is 16.8 Å². The molecule has 3 aromatic rings. The van der Waals surface area contributed by atoms with Gasteiger partial charge >= 0.3 is 0 Å². The van der Waals surface area contributed by atoms with Crippen LogP contribution in [-0.2, 0) is 18.4 Å². The van der Waals surface area contributed by atoms with Crippen molar-refractivity contribution in [2.75, 3.05) is 11.1 Å². The molecule has 0 radical (unpaired) electrons.